The third kappa shape index (κ3) is 2.84. The average Bonchev–Trinajstić information content (AvgIpc) is 2.32. The Morgan fingerprint density at radius 3 is 2.67 bits per heavy atom. The molecule has 1 aromatic carbocycles. The maximum atomic E-state index is 12.5. The summed E-state index contributed by atoms with van der Waals surface area (Å²) in [5, 5.41) is 0. The smallest absolute Gasteiger partial charge is 0.244 e. The molecule has 0 atom stereocenters. The molecule has 2 N–H and O–H groups in total. The molecule has 0 spiro atoms. The molecule has 5 heteroatoms. The van der Waals surface area contributed by atoms with E-state index in [1.807, 2.05) is 6.92 Å². The molecule has 98 valence electrons. The number of nitrogens with zero attached hydrogens (tertiary/aromatic N) is 1. The molecule has 0 aliphatic carbocycles. The van der Waals surface area contributed by atoms with Gasteiger partial charge < -0.3 is 5.73 Å². The first kappa shape index (κ1) is 14.6. The highest BCUT2D eigenvalue weighted by Gasteiger charge is 2.25. The van der Waals surface area contributed by atoms with Gasteiger partial charge in [0.25, 0.3) is 0 Å². The Morgan fingerprint density at radius 1 is 1.44 bits per heavy atom. The highest BCUT2D eigenvalue weighted by molar-refractivity contribution is 7.89. The van der Waals surface area contributed by atoms with E-state index in [1.165, 1.54) is 4.31 Å². The molecule has 0 bridgehead atoms. The van der Waals surface area contributed by atoms with E-state index in [0.717, 1.165) is 0 Å². The SMILES string of the molecule is C#CCN(CCC)S(=O)(=O)c1cccc(N)c1C. The molecular formula is C13H18N2O2S. The maximum Gasteiger partial charge on any atom is 0.244 e. The van der Waals surface area contributed by atoms with E-state index in [-0.39, 0.29) is 11.4 Å². The summed E-state index contributed by atoms with van der Waals surface area (Å²) in [6.07, 6.45) is 5.93. The summed E-state index contributed by atoms with van der Waals surface area (Å²) < 4.78 is 26.2. The number of terminal acetylenes is 1. The molecule has 1 aromatic rings. The van der Waals surface area contributed by atoms with Crippen molar-refractivity contribution in [1.82, 2.24) is 4.31 Å². The molecule has 4 nitrogen and oxygen atoms in total. The molecule has 0 radical (unpaired) electrons. The van der Waals surface area contributed by atoms with Crippen molar-refractivity contribution in [2.75, 3.05) is 18.8 Å². The van der Waals surface area contributed by atoms with Crippen molar-refractivity contribution >= 4 is 15.7 Å². The van der Waals surface area contributed by atoms with Crippen LogP contribution in [-0.2, 0) is 10.0 Å². The summed E-state index contributed by atoms with van der Waals surface area (Å²) >= 11 is 0. The van der Waals surface area contributed by atoms with Crippen LogP contribution in [0.15, 0.2) is 23.1 Å². The lowest BCUT2D eigenvalue weighted by Gasteiger charge is -2.20. The molecule has 0 aromatic heterocycles. The summed E-state index contributed by atoms with van der Waals surface area (Å²) in [6.45, 7) is 4.08. The van der Waals surface area contributed by atoms with Crippen LogP contribution in [0.4, 0.5) is 5.69 Å². The molecule has 0 saturated heterocycles. The summed E-state index contributed by atoms with van der Waals surface area (Å²) in [6, 6.07) is 4.87. The van der Waals surface area contributed by atoms with Crippen molar-refractivity contribution in [3.8, 4) is 12.3 Å². The van der Waals surface area contributed by atoms with Crippen molar-refractivity contribution in [1.29, 1.82) is 0 Å². The standard InChI is InChI=1S/C13H18N2O2S/c1-4-9-15(10-5-2)18(16,17)13-8-6-7-12(14)11(13)3/h1,6-8H,5,9-10,14H2,2-3H3. The first-order valence-electron chi connectivity index (χ1n) is 5.73. The molecule has 18 heavy (non-hydrogen) atoms. The second kappa shape index (κ2) is 5.89. The zero-order chi connectivity index (χ0) is 13.8. The minimum atomic E-state index is -3.57. The highest BCUT2D eigenvalue weighted by atomic mass is 32.2. The fourth-order valence-corrected chi connectivity index (χ4v) is 3.39. The topological polar surface area (TPSA) is 63.4 Å². The quantitative estimate of drug-likeness (QED) is 0.650. The molecule has 0 unspecified atom stereocenters. The lowest BCUT2D eigenvalue weighted by molar-refractivity contribution is 0.445. The number of nitrogens with two attached hydrogens (primary N) is 1. The van der Waals surface area contributed by atoms with Crippen LogP contribution in [0.25, 0.3) is 0 Å². The minimum absolute atomic E-state index is 0.0738. The van der Waals surface area contributed by atoms with Crippen molar-refractivity contribution in [2.45, 2.75) is 25.2 Å². The van der Waals surface area contributed by atoms with Gasteiger partial charge in [0.05, 0.1) is 11.4 Å². The Labute approximate surface area is 109 Å². The van der Waals surface area contributed by atoms with Gasteiger partial charge in [0.15, 0.2) is 0 Å². The van der Waals surface area contributed by atoms with Crippen molar-refractivity contribution in [2.24, 2.45) is 0 Å². The average molecular weight is 266 g/mol. The summed E-state index contributed by atoms with van der Waals surface area (Å²) in [4.78, 5) is 0.228. The lowest BCUT2D eigenvalue weighted by atomic mass is 10.2. The fraction of sp³-hybridized carbons (Fsp3) is 0.385. The number of hydrogen-bond donors (Lipinski definition) is 1. The predicted molar refractivity (Wildman–Crippen MR) is 73.5 cm³/mol. The Bertz CT molecular complexity index is 559. The minimum Gasteiger partial charge on any atom is -0.398 e. The van der Waals surface area contributed by atoms with Gasteiger partial charge in [-0.25, -0.2) is 8.42 Å². The summed E-state index contributed by atoms with van der Waals surface area (Å²) in [5.74, 6) is 2.38. The Kier molecular flexibility index (Phi) is 4.76. The molecule has 0 aliphatic rings. The van der Waals surface area contributed by atoms with E-state index in [9.17, 15) is 8.42 Å². The molecule has 0 fully saturated rings. The lowest BCUT2D eigenvalue weighted by Crippen LogP contribution is -2.32. The van der Waals surface area contributed by atoms with Crippen LogP contribution in [0.1, 0.15) is 18.9 Å². The Balaban J connectivity index is 3.27. The van der Waals surface area contributed by atoms with E-state index in [4.69, 9.17) is 12.2 Å². The first-order chi connectivity index (χ1) is 8.45. The van der Waals surface area contributed by atoms with Gasteiger partial charge in [-0.15, -0.1) is 6.42 Å². The van der Waals surface area contributed by atoms with Crippen molar-refractivity contribution in [3.63, 3.8) is 0 Å². The Hall–Kier alpha value is -1.51. The van der Waals surface area contributed by atoms with Gasteiger partial charge in [-0.05, 0) is 31.0 Å². The van der Waals surface area contributed by atoms with Gasteiger partial charge in [-0.2, -0.15) is 4.31 Å². The molecule has 0 amide bonds. The second-order valence-corrected chi connectivity index (χ2v) is 5.92. The van der Waals surface area contributed by atoms with Crippen LogP contribution in [0.3, 0.4) is 0 Å². The third-order valence-corrected chi connectivity index (χ3v) is 4.67. The van der Waals surface area contributed by atoms with Gasteiger partial charge in [-0.1, -0.05) is 18.9 Å². The largest absolute Gasteiger partial charge is 0.398 e. The monoisotopic (exact) mass is 266 g/mol. The normalized spacial score (nSPS) is 11.4. The van der Waals surface area contributed by atoms with Gasteiger partial charge in [0, 0.05) is 12.2 Å². The Morgan fingerprint density at radius 2 is 2.11 bits per heavy atom. The molecule has 0 heterocycles. The third-order valence-electron chi connectivity index (χ3n) is 2.68. The van der Waals surface area contributed by atoms with Crippen LogP contribution >= 0.6 is 0 Å². The first-order valence-corrected chi connectivity index (χ1v) is 7.17. The van der Waals surface area contributed by atoms with Crippen LogP contribution in [0.5, 0.6) is 0 Å². The second-order valence-electron chi connectivity index (χ2n) is 4.01. The number of anilines is 1. The van der Waals surface area contributed by atoms with E-state index in [2.05, 4.69) is 5.92 Å². The summed E-state index contributed by atoms with van der Waals surface area (Å²) in [5.41, 5.74) is 6.77. The van der Waals surface area contributed by atoms with Gasteiger partial charge >= 0.3 is 0 Å². The summed E-state index contributed by atoms with van der Waals surface area (Å²) in [7, 11) is -3.57. The maximum absolute atomic E-state index is 12.5. The van der Waals surface area contributed by atoms with Crippen molar-refractivity contribution < 1.29 is 8.42 Å². The predicted octanol–water partition coefficient (Wildman–Crippen LogP) is 1.61. The van der Waals surface area contributed by atoms with E-state index >= 15 is 0 Å². The van der Waals surface area contributed by atoms with Crippen LogP contribution in [-0.4, -0.2) is 25.8 Å². The molecule has 0 saturated carbocycles. The number of sulfonamides is 1. The van der Waals surface area contributed by atoms with Crippen molar-refractivity contribution in [3.05, 3.63) is 23.8 Å². The zero-order valence-corrected chi connectivity index (χ0v) is 11.5. The van der Waals surface area contributed by atoms with Crippen LogP contribution < -0.4 is 5.73 Å². The van der Waals surface area contributed by atoms with E-state index in [0.29, 0.717) is 24.2 Å². The number of rotatable bonds is 5. The van der Waals surface area contributed by atoms with Gasteiger partial charge in [0.1, 0.15) is 0 Å². The number of benzene rings is 1. The zero-order valence-electron chi connectivity index (χ0n) is 10.7. The van der Waals surface area contributed by atoms with Crippen LogP contribution in [0.2, 0.25) is 0 Å². The number of nitrogen functional groups attached to an aromatic ring is 1. The molecule has 0 aliphatic heterocycles. The van der Waals surface area contributed by atoms with Gasteiger partial charge in [-0.3, -0.25) is 0 Å². The van der Waals surface area contributed by atoms with Gasteiger partial charge in [0.2, 0.25) is 10.0 Å². The molecular weight excluding hydrogens is 248 g/mol. The molecule has 1 rings (SSSR count). The van der Waals surface area contributed by atoms with E-state index in [1.54, 1.807) is 25.1 Å². The van der Waals surface area contributed by atoms with Crippen LogP contribution in [0, 0.1) is 19.3 Å². The van der Waals surface area contributed by atoms with E-state index < -0.39 is 10.0 Å². The number of hydrogen-bond acceptors (Lipinski definition) is 3. The fourth-order valence-electron chi connectivity index (χ4n) is 1.69. The highest BCUT2D eigenvalue weighted by Crippen LogP contribution is 2.23.